The van der Waals surface area contributed by atoms with Crippen molar-refractivity contribution in [2.24, 2.45) is 0 Å². The molecule has 0 aliphatic rings. The largest absolute Gasteiger partial charge is 0.379 e. The SMILES string of the molecule is CSCCCCNCCCOC(C)C. The summed E-state index contributed by atoms with van der Waals surface area (Å²) >= 11 is 1.93. The van der Waals surface area contributed by atoms with E-state index >= 15 is 0 Å². The number of unbranched alkanes of at least 4 members (excludes halogenated alkanes) is 1. The van der Waals surface area contributed by atoms with Crippen molar-refractivity contribution in [1.29, 1.82) is 0 Å². The van der Waals surface area contributed by atoms with Crippen LogP contribution < -0.4 is 5.32 Å². The number of rotatable bonds is 10. The van der Waals surface area contributed by atoms with Crippen LogP contribution in [0.15, 0.2) is 0 Å². The zero-order valence-corrected chi connectivity index (χ0v) is 10.7. The summed E-state index contributed by atoms with van der Waals surface area (Å²) in [6.45, 7) is 7.29. The summed E-state index contributed by atoms with van der Waals surface area (Å²) < 4.78 is 5.44. The van der Waals surface area contributed by atoms with Gasteiger partial charge >= 0.3 is 0 Å². The second kappa shape index (κ2) is 11.3. The Kier molecular flexibility index (Phi) is 11.6. The second-order valence-corrected chi connectivity index (χ2v) is 4.71. The van der Waals surface area contributed by atoms with Crippen molar-refractivity contribution in [1.82, 2.24) is 5.32 Å². The van der Waals surface area contributed by atoms with Crippen LogP contribution in [0, 0.1) is 0 Å². The summed E-state index contributed by atoms with van der Waals surface area (Å²) in [5.41, 5.74) is 0. The normalized spacial score (nSPS) is 11.1. The highest BCUT2D eigenvalue weighted by atomic mass is 32.2. The molecule has 0 atom stereocenters. The minimum atomic E-state index is 0.372. The second-order valence-electron chi connectivity index (χ2n) is 3.72. The van der Waals surface area contributed by atoms with Crippen LogP contribution in [0.2, 0.25) is 0 Å². The number of nitrogens with one attached hydrogen (secondary N) is 1. The molecule has 0 aromatic rings. The highest BCUT2D eigenvalue weighted by molar-refractivity contribution is 7.98. The van der Waals surface area contributed by atoms with Gasteiger partial charge in [0.15, 0.2) is 0 Å². The van der Waals surface area contributed by atoms with Crippen molar-refractivity contribution < 1.29 is 4.74 Å². The Labute approximate surface area is 93.2 Å². The van der Waals surface area contributed by atoms with E-state index in [1.165, 1.54) is 18.6 Å². The third-order valence-electron chi connectivity index (χ3n) is 1.90. The molecule has 3 heteroatoms. The van der Waals surface area contributed by atoms with Gasteiger partial charge in [-0.15, -0.1) is 0 Å². The monoisotopic (exact) mass is 219 g/mol. The molecule has 0 fully saturated rings. The van der Waals surface area contributed by atoms with Gasteiger partial charge in [-0.3, -0.25) is 0 Å². The van der Waals surface area contributed by atoms with Crippen molar-refractivity contribution >= 4 is 11.8 Å². The van der Waals surface area contributed by atoms with E-state index in [2.05, 4.69) is 25.4 Å². The van der Waals surface area contributed by atoms with E-state index in [-0.39, 0.29) is 0 Å². The molecule has 0 aliphatic carbocycles. The first-order valence-corrected chi connectivity index (χ1v) is 6.98. The molecule has 2 nitrogen and oxygen atoms in total. The maximum absolute atomic E-state index is 5.44. The molecular formula is C11H25NOS. The van der Waals surface area contributed by atoms with Crippen molar-refractivity contribution in [3.05, 3.63) is 0 Å². The molecule has 0 aromatic heterocycles. The average molecular weight is 219 g/mol. The molecule has 0 saturated heterocycles. The van der Waals surface area contributed by atoms with E-state index in [9.17, 15) is 0 Å². The van der Waals surface area contributed by atoms with Crippen molar-refractivity contribution in [2.75, 3.05) is 31.7 Å². The first kappa shape index (κ1) is 14.3. The number of ether oxygens (including phenoxy) is 1. The molecule has 1 N–H and O–H groups in total. The Bertz CT molecular complexity index is 109. The molecule has 0 amide bonds. The molecule has 0 aliphatic heterocycles. The summed E-state index contributed by atoms with van der Waals surface area (Å²) in [6.07, 6.45) is 6.29. The van der Waals surface area contributed by atoms with Crippen molar-refractivity contribution in [2.45, 2.75) is 39.2 Å². The quantitative estimate of drug-likeness (QED) is 0.571. The summed E-state index contributed by atoms with van der Waals surface area (Å²) in [6, 6.07) is 0. The van der Waals surface area contributed by atoms with Crippen LogP contribution in [0.3, 0.4) is 0 Å². The number of thioether (sulfide) groups is 1. The molecule has 86 valence electrons. The average Bonchev–Trinajstić information content (AvgIpc) is 2.15. The zero-order chi connectivity index (χ0) is 10.6. The van der Waals surface area contributed by atoms with Crippen molar-refractivity contribution in [3.8, 4) is 0 Å². The maximum Gasteiger partial charge on any atom is 0.0518 e. The Morgan fingerprint density at radius 1 is 1.14 bits per heavy atom. The molecule has 0 rings (SSSR count). The predicted octanol–water partition coefficient (Wildman–Crippen LogP) is 2.53. The molecule has 14 heavy (non-hydrogen) atoms. The van der Waals surface area contributed by atoms with Gasteiger partial charge in [-0.25, -0.2) is 0 Å². The standard InChI is InChI=1S/C11H25NOS/c1-11(2)13-9-6-8-12-7-4-5-10-14-3/h11-12H,4-10H2,1-3H3. The van der Waals surface area contributed by atoms with E-state index in [1.54, 1.807) is 0 Å². The number of hydrogen-bond acceptors (Lipinski definition) is 3. The first-order valence-electron chi connectivity index (χ1n) is 5.58. The van der Waals surface area contributed by atoms with Gasteiger partial charge in [0.25, 0.3) is 0 Å². The molecular weight excluding hydrogens is 194 g/mol. The van der Waals surface area contributed by atoms with Crippen LogP contribution in [0.25, 0.3) is 0 Å². The van der Waals surface area contributed by atoms with E-state index < -0.39 is 0 Å². The van der Waals surface area contributed by atoms with Crippen LogP contribution in [0.4, 0.5) is 0 Å². The fraction of sp³-hybridized carbons (Fsp3) is 1.00. The summed E-state index contributed by atoms with van der Waals surface area (Å²) in [4.78, 5) is 0. The lowest BCUT2D eigenvalue weighted by Gasteiger charge is -2.07. The van der Waals surface area contributed by atoms with E-state index in [4.69, 9.17) is 4.74 Å². The van der Waals surface area contributed by atoms with Crippen LogP contribution in [0.5, 0.6) is 0 Å². The van der Waals surface area contributed by atoms with Gasteiger partial charge in [0, 0.05) is 6.61 Å². The van der Waals surface area contributed by atoms with E-state index in [1.807, 2.05) is 11.8 Å². The zero-order valence-electron chi connectivity index (χ0n) is 9.84. The van der Waals surface area contributed by atoms with Crippen LogP contribution in [-0.4, -0.2) is 37.8 Å². The van der Waals surface area contributed by atoms with Gasteiger partial charge in [-0.1, -0.05) is 0 Å². The minimum absolute atomic E-state index is 0.372. The Morgan fingerprint density at radius 3 is 2.50 bits per heavy atom. The minimum Gasteiger partial charge on any atom is -0.379 e. The maximum atomic E-state index is 5.44. The summed E-state index contributed by atoms with van der Waals surface area (Å²) in [5, 5.41) is 3.43. The molecule has 0 unspecified atom stereocenters. The Morgan fingerprint density at radius 2 is 1.86 bits per heavy atom. The first-order chi connectivity index (χ1) is 6.77. The Balaban J connectivity index is 2.85. The molecule has 0 aromatic carbocycles. The predicted molar refractivity (Wildman–Crippen MR) is 66.2 cm³/mol. The van der Waals surface area contributed by atoms with Crippen LogP contribution in [0.1, 0.15) is 33.1 Å². The lowest BCUT2D eigenvalue weighted by atomic mass is 10.3. The Hall–Kier alpha value is 0.270. The van der Waals surface area contributed by atoms with Gasteiger partial charge in [0.1, 0.15) is 0 Å². The smallest absolute Gasteiger partial charge is 0.0518 e. The fourth-order valence-electron chi connectivity index (χ4n) is 1.14. The molecule has 0 heterocycles. The molecule has 0 radical (unpaired) electrons. The molecule has 0 bridgehead atoms. The van der Waals surface area contributed by atoms with Crippen molar-refractivity contribution in [3.63, 3.8) is 0 Å². The van der Waals surface area contributed by atoms with Crippen LogP contribution >= 0.6 is 11.8 Å². The topological polar surface area (TPSA) is 21.3 Å². The summed E-state index contributed by atoms with van der Waals surface area (Å²) in [5.74, 6) is 1.29. The number of hydrogen-bond donors (Lipinski definition) is 1. The van der Waals surface area contributed by atoms with Gasteiger partial charge < -0.3 is 10.1 Å². The molecule has 0 saturated carbocycles. The van der Waals surface area contributed by atoms with Gasteiger partial charge in [0.05, 0.1) is 6.10 Å². The van der Waals surface area contributed by atoms with Crippen LogP contribution in [-0.2, 0) is 4.74 Å². The molecule has 0 spiro atoms. The highest BCUT2D eigenvalue weighted by Gasteiger charge is 1.92. The van der Waals surface area contributed by atoms with Gasteiger partial charge in [-0.05, 0) is 58.2 Å². The fourth-order valence-corrected chi connectivity index (χ4v) is 1.63. The third kappa shape index (κ3) is 12.3. The van der Waals surface area contributed by atoms with Gasteiger partial charge in [-0.2, -0.15) is 11.8 Å². The lowest BCUT2D eigenvalue weighted by Crippen LogP contribution is -2.19. The summed E-state index contributed by atoms with van der Waals surface area (Å²) in [7, 11) is 0. The van der Waals surface area contributed by atoms with E-state index in [0.717, 1.165) is 26.1 Å². The van der Waals surface area contributed by atoms with Gasteiger partial charge in [0.2, 0.25) is 0 Å². The highest BCUT2D eigenvalue weighted by Crippen LogP contribution is 1.97. The third-order valence-corrected chi connectivity index (χ3v) is 2.60. The lowest BCUT2D eigenvalue weighted by molar-refractivity contribution is 0.0771. The van der Waals surface area contributed by atoms with E-state index in [0.29, 0.717) is 6.10 Å².